The zero-order valence-electron chi connectivity index (χ0n) is 10.5. The first-order chi connectivity index (χ1) is 8.85. The van der Waals surface area contributed by atoms with Crippen LogP contribution < -0.4 is 5.73 Å². The predicted molar refractivity (Wildman–Crippen MR) is 71.8 cm³/mol. The van der Waals surface area contributed by atoms with E-state index in [-0.39, 0.29) is 17.7 Å². The molecule has 0 bridgehead atoms. The average molecular weight is 358 g/mol. The lowest BCUT2D eigenvalue weighted by Crippen LogP contribution is -2.18. The van der Waals surface area contributed by atoms with E-state index in [1.165, 1.54) is 0 Å². The van der Waals surface area contributed by atoms with Crippen molar-refractivity contribution < 1.29 is 22.4 Å². The summed E-state index contributed by atoms with van der Waals surface area (Å²) in [6, 6.07) is 2.08. The van der Waals surface area contributed by atoms with Crippen LogP contribution in [0.2, 0.25) is 0 Å². The first-order valence-electron chi connectivity index (χ1n) is 5.64. The molecule has 0 aliphatic rings. The molecule has 1 atom stereocenters. The fraction of sp³-hybridized carbons (Fsp3) is 0.455. The topological polar surface area (TPSA) is 61.5 Å². The second kappa shape index (κ2) is 6.90. The van der Waals surface area contributed by atoms with Crippen molar-refractivity contribution in [2.45, 2.75) is 19.6 Å². The van der Waals surface area contributed by atoms with Gasteiger partial charge in [-0.15, -0.1) is 0 Å². The maximum Gasteiger partial charge on any atom is 0.351 e. The van der Waals surface area contributed by atoms with Crippen LogP contribution in [0.4, 0.5) is 8.78 Å². The monoisotopic (exact) mass is 357 g/mol. The molecule has 0 heterocycles. The lowest BCUT2D eigenvalue weighted by atomic mass is 10.2. The number of halogens is 3. The zero-order valence-corrected chi connectivity index (χ0v) is 13.0. The normalized spacial score (nSPS) is 13.6. The van der Waals surface area contributed by atoms with Gasteiger partial charge in [0.15, 0.2) is 0 Å². The van der Waals surface area contributed by atoms with Gasteiger partial charge in [0.2, 0.25) is 0 Å². The van der Waals surface area contributed by atoms with Gasteiger partial charge in [0.05, 0.1) is 18.8 Å². The number of hydrogen-bond donors (Lipinski definition) is 1. The van der Waals surface area contributed by atoms with E-state index in [0.717, 1.165) is 12.1 Å². The first kappa shape index (κ1) is 16.7. The van der Waals surface area contributed by atoms with Crippen LogP contribution in [0.15, 0.2) is 16.6 Å². The van der Waals surface area contributed by atoms with Crippen LogP contribution >= 0.6 is 23.5 Å². The molecule has 0 aliphatic heterocycles. The van der Waals surface area contributed by atoms with Crippen molar-refractivity contribution in [1.29, 1.82) is 0 Å². The van der Waals surface area contributed by atoms with E-state index in [0.29, 0.717) is 0 Å². The smallest absolute Gasteiger partial charge is 0.314 e. The van der Waals surface area contributed by atoms with Crippen molar-refractivity contribution >= 4 is 23.5 Å². The van der Waals surface area contributed by atoms with Crippen molar-refractivity contribution in [3.05, 3.63) is 33.8 Å². The Morgan fingerprint density at radius 2 is 1.68 bits per heavy atom. The van der Waals surface area contributed by atoms with E-state index in [9.17, 15) is 13.3 Å². The summed E-state index contributed by atoms with van der Waals surface area (Å²) in [5.74, 6) is -3.32. The molecule has 1 aromatic rings. The van der Waals surface area contributed by atoms with E-state index in [1.807, 2.05) is 0 Å². The van der Waals surface area contributed by atoms with Gasteiger partial charge in [-0.2, -0.15) is 0 Å². The highest BCUT2D eigenvalue weighted by molar-refractivity contribution is 9.10. The van der Waals surface area contributed by atoms with Crippen LogP contribution in [-0.4, -0.2) is 13.2 Å². The summed E-state index contributed by atoms with van der Waals surface area (Å²) >= 11 is 2.96. The van der Waals surface area contributed by atoms with Crippen LogP contribution in [0, 0.1) is 11.6 Å². The Balaban J connectivity index is 3.24. The minimum atomic E-state index is -3.82. The van der Waals surface area contributed by atoms with E-state index < -0.39 is 30.6 Å². The standard InChI is InChI=1S/C11H15BrF2NO3P/c1-3-17-19(16,18-4-2)11(15)10-8(13)5-7(12)6-9(10)14/h5-6,11H,3-4,15H2,1-2H3/t11-/m1/s1. The first-order valence-corrected chi connectivity index (χ1v) is 8.05. The Kier molecular flexibility index (Phi) is 6.08. The zero-order chi connectivity index (χ0) is 14.6. The van der Waals surface area contributed by atoms with Crippen molar-refractivity contribution in [3.8, 4) is 0 Å². The van der Waals surface area contributed by atoms with Gasteiger partial charge in [-0.3, -0.25) is 4.57 Å². The number of nitrogens with two attached hydrogens (primary N) is 1. The highest BCUT2D eigenvalue weighted by atomic mass is 79.9. The second-order valence-corrected chi connectivity index (χ2v) is 6.67. The molecule has 0 amide bonds. The third kappa shape index (κ3) is 3.83. The van der Waals surface area contributed by atoms with E-state index in [2.05, 4.69) is 15.9 Å². The van der Waals surface area contributed by atoms with E-state index in [4.69, 9.17) is 14.8 Å². The SMILES string of the molecule is CCOP(=O)(OCC)[C@@H](N)c1c(F)cc(Br)cc1F. The predicted octanol–water partition coefficient (Wildman–Crippen LogP) is 3.95. The van der Waals surface area contributed by atoms with Gasteiger partial charge in [0.25, 0.3) is 0 Å². The van der Waals surface area contributed by atoms with Crippen molar-refractivity contribution in [2.24, 2.45) is 5.73 Å². The molecule has 0 fully saturated rings. The Hall–Kier alpha value is -0.330. The molecule has 1 rings (SSSR count). The van der Waals surface area contributed by atoms with Gasteiger partial charge in [-0.1, -0.05) is 15.9 Å². The number of rotatable bonds is 6. The van der Waals surface area contributed by atoms with Crippen molar-refractivity contribution in [1.82, 2.24) is 0 Å². The summed E-state index contributed by atoms with van der Waals surface area (Å²) < 4.78 is 50.2. The molecule has 0 aliphatic carbocycles. The Labute approximate surface area is 118 Å². The maximum absolute atomic E-state index is 13.8. The molecule has 0 radical (unpaired) electrons. The average Bonchev–Trinajstić information content (AvgIpc) is 2.27. The summed E-state index contributed by atoms with van der Waals surface area (Å²) in [7, 11) is -3.82. The molecule has 1 aromatic carbocycles. The number of hydrogen-bond acceptors (Lipinski definition) is 4. The number of benzene rings is 1. The van der Waals surface area contributed by atoms with Crippen molar-refractivity contribution in [2.75, 3.05) is 13.2 Å². The minimum absolute atomic E-state index is 0.0603. The molecule has 0 unspecified atom stereocenters. The summed E-state index contributed by atoms with van der Waals surface area (Å²) in [4.78, 5) is 0. The molecule has 0 saturated carbocycles. The molecule has 0 saturated heterocycles. The highest BCUT2D eigenvalue weighted by Gasteiger charge is 2.37. The van der Waals surface area contributed by atoms with Gasteiger partial charge in [0, 0.05) is 4.47 Å². The quantitative estimate of drug-likeness (QED) is 0.783. The molecular formula is C11H15BrF2NO3P. The van der Waals surface area contributed by atoms with Crippen LogP contribution in [0.3, 0.4) is 0 Å². The van der Waals surface area contributed by atoms with Crippen molar-refractivity contribution in [3.63, 3.8) is 0 Å². The summed E-state index contributed by atoms with van der Waals surface area (Å²) in [6.45, 7) is 3.30. The third-order valence-electron chi connectivity index (χ3n) is 2.30. The van der Waals surface area contributed by atoms with Gasteiger partial charge >= 0.3 is 7.60 Å². The molecule has 2 N–H and O–H groups in total. The molecule has 0 aromatic heterocycles. The van der Waals surface area contributed by atoms with Crippen LogP contribution in [0.5, 0.6) is 0 Å². The summed E-state index contributed by atoms with van der Waals surface area (Å²) in [6.07, 6.45) is 0. The van der Waals surface area contributed by atoms with Crippen LogP contribution in [0.1, 0.15) is 25.2 Å². The summed E-state index contributed by atoms with van der Waals surface area (Å²) in [5, 5.41) is 0. The van der Waals surface area contributed by atoms with Crippen LogP contribution in [0.25, 0.3) is 0 Å². The fourth-order valence-electron chi connectivity index (χ4n) is 1.55. The van der Waals surface area contributed by atoms with E-state index >= 15 is 0 Å². The Morgan fingerprint density at radius 3 is 2.05 bits per heavy atom. The largest absolute Gasteiger partial charge is 0.351 e. The van der Waals surface area contributed by atoms with E-state index in [1.54, 1.807) is 13.8 Å². The summed E-state index contributed by atoms with van der Waals surface area (Å²) in [5.41, 5.74) is 5.18. The second-order valence-electron chi connectivity index (χ2n) is 3.60. The van der Waals surface area contributed by atoms with Gasteiger partial charge < -0.3 is 14.8 Å². The highest BCUT2D eigenvalue weighted by Crippen LogP contribution is 2.58. The van der Waals surface area contributed by atoms with Crippen LogP contribution in [-0.2, 0) is 13.6 Å². The third-order valence-corrected chi connectivity index (χ3v) is 4.93. The lowest BCUT2D eigenvalue weighted by Gasteiger charge is -2.24. The van der Waals surface area contributed by atoms with Gasteiger partial charge in [-0.05, 0) is 26.0 Å². The lowest BCUT2D eigenvalue weighted by molar-refractivity contribution is 0.211. The molecule has 0 spiro atoms. The Morgan fingerprint density at radius 1 is 1.26 bits per heavy atom. The fourth-order valence-corrected chi connectivity index (χ4v) is 3.63. The molecule has 4 nitrogen and oxygen atoms in total. The molecule has 108 valence electrons. The Bertz CT molecular complexity index is 468. The van der Waals surface area contributed by atoms with Gasteiger partial charge in [-0.25, -0.2) is 8.78 Å². The molecule has 8 heteroatoms. The minimum Gasteiger partial charge on any atom is -0.314 e. The maximum atomic E-state index is 13.8. The molecular weight excluding hydrogens is 343 g/mol. The molecule has 19 heavy (non-hydrogen) atoms. The van der Waals surface area contributed by atoms with Gasteiger partial charge in [0.1, 0.15) is 17.4 Å².